The molecule has 0 radical (unpaired) electrons. The molecule has 1 saturated heterocycles. The molecule has 0 aliphatic carbocycles. The van der Waals surface area contributed by atoms with Gasteiger partial charge in [0.25, 0.3) is 0 Å². The van der Waals surface area contributed by atoms with Crippen LogP contribution in [0.2, 0.25) is 0 Å². The average Bonchev–Trinajstić information content (AvgIpc) is 2.47. The van der Waals surface area contributed by atoms with Gasteiger partial charge in [-0.1, -0.05) is 18.2 Å². The maximum Gasteiger partial charge on any atom is 0.119 e. The first-order valence-corrected chi connectivity index (χ1v) is 6.38. The number of piperazine rings is 1. The number of methoxy groups -OCH3 is 1. The molecule has 1 heterocycles. The lowest BCUT2D eigenvalue weighted by molar-refractivity contribution is 0.415. The van der Waals surface area contributed by atoms with E-state index in [0.717, 1.165) is 25.4 Å². The molecule has 3 heteroatoms. The van der Waals surface area contributed by atoms with Crippen LogP contribution in [0.25, 0.3) is 10.8 Å². The third-order valence-corrected chi connectivity index (χ3v) is 3.51. The number of hydrogen-bond acceptors (Lipinski definition) is 3. The second-order valence-electron chi connectivity index (χ2n) is 4.68. The van der Waals surface area contributed by atoms with Crippen molar-refractivity contribution in [1.29, 1.82) is 0 Å². The van der Waals surface area contributed by atoms with E-state index in [-0.39, 0.29) is 0 Å². The molecule has 2 aromatic carbocycles. The summed E-state index contributed by atoms with van der Waals surface area (Å²) in [6.07, 6.45) is 0. The molecule has 1 atom stereocenters. The zero-order valence-corrected chi connectivity index (χ0v) is 10.6. The van der Waals surface area contributed by atoms with Crippen LogP contribution in [-0.2, 0) is 0 Å². The van der Waals surface area contributed by atoms with E-state index in [2.05, 4.69) is 41.0 Å². The lowest BCUT2D eigenvalue weighted by Gasteiger charge is -2.25. The van der Waals surface area contributed by atoms with Crippen molar-refractivity contribution >= 4 is 10.8 Å². The summed E-state index contributed by atoms with van der Waals surface area (Å²) in [4.78, 5) is 0. The second kappa shape index (κ2) is 4.96. The zero-order valence-electron chi connectivity index (χ0n) is 10.6. The average molecular weight is 242 g/mol. The minimum absolute atomic E-state index is 0.422. The van der Waals surface area contributed by atoms with Gasteiger partial charge in [0.15, 0.2) is 0 Å². The molecule has 1 aliphatic heterocycles. The van der Waals surface area contributed by atoms with Crippen LogP contribution in [0.5, 0.6) is 5.75 Å². The fourth-order valence-electron chi connectivity index (χ4n) is 2.48. The van der Waals surface area contributed by atoms with Gasteiger partial charge in [0.1, 0.15) is 5.75 Å². The van der Waals surface area contributed by atoms with E-state index in [1.807, 2.05) is 6.07 Å². The molecule has 94 valence electrons. The van der Waals surface area contributed by atoms with Gasteiger partial charge >= 0.3 is 0 Å². The van der Waals surface area contributed by atoms with Gasteiger partial charge in [-0.15, -0.1) is 0 Å². The summed E-state index contributed by atoms with van der Waals surface area (Å²) in [6.45, 7) is 3.09. The predicted molar refractivity (Wildman–Crippen MR) is 74.1 cm³/mol. The van der Waals surface area contributed by atoms with E-state index >= 15 is 0 Å². The number of rotatable bonds is 2. The quantitative estimate of drug-likeness (QED) is 0.846. The fraction of sp³-hybridized carbons (Fsp3) is 0.333. The molecule has 0 unspecified atom stereocenters. The highest BCUT2D eigenvalue weighted by atomic mass is 16.5. The Morgan fingerprint density at radius 1 is 1.06 bits per heavy atom. The monoisotopic (exact) mass is 242 g/mol. The molecule has 1 aliphatic rings. The van der Waals surface area contributed by atoms with Gasteiger partial charge < -0.3 is 15.4 Å². The van der Waals surface area contributed by atoms with Gasteiger partial charge in [-0.3, -0.25) is 0 Å². The van der Waals surface area contributed by atoms with Crippen LogP contribution in [0.1, 0.15) is 11.6 Å². The van der Waals surface area contributed by atoms with Crippen LogP contribution < -0.4 is 15.4 Å². The number of fused-ring (bicyclic) bond motifs is 1. The smallest absolute Gasteiger partial charge is 0.119 e. The Hall–Kier alpha value is -1.58. The largest absolute Gasteiger partial charge is 0.497 e. The third kappa shape index (κ3) is 2.19. The van der Waals surface area contributed by atoms with Crippen molar-refractivity contribution in [3.63, 3.8) is 0 Å². The van der Waals surface area contributed by atoms with Crippen molar-refractivity contribution in [2.45, 2.75) is 6.04 Å². The molecule has 3 nitrogen and oxygen atoms in total. The van der Waals surface area contributed by atoms with E-state index in [0.29, 0.717) is 6.04 Å². The van der Waals surface area contributed by atoms with E-state index in [1.54, 1.807) is 7.11 Å². The molecule has 0 bridgehead atoms. The summed E-state index contributed by atoms with van der Waals surface area (Å²) in [5.41, 5.74) is 1.35. The molecule has 18 heavy (non-hydrogen) atoms. The Labute approximate surface area is 107 Å². The molecule has 1 fully saturated rings. The van der Waals surface area contributed by atoms with Crippen molar-refractivity contribution in [2.24, 2.45) is 0 Å². The Kier molecular flexibility index (Phi) is 3.17. The maximum atomic E-state index is 5.25. The van der Waals surface area contributed by atoms with Crippen LogP contribution in [0, 0.1) is 0 Å². The summed E-state index contributed by atoms with van der Waals surface area (Å²) in [5, 5.41) is 9.44. The first kappa shape index (κ1) is 11.5. The Bertz CT molecular complexity index is 547. The topological polar surface area (TPSA) is 33.3 Å². The Morgan fingerprint density at radius 3 is 2.67 bits per heavy atom. The summed E-state index contributed by atoms with van der Waals surface area (Å²) < 4.78 is 5.25. The molecular formula is C15H18N2O. The number of benzene rings is 2. The number of ether oxygens (including phenoxy) is 1. The minimum atomic E-state index is 0.422. The van der Waals surface area contributed by atoms with Crippen molar-refractivity contribution in [3.05, 3.63) is 42.0 Å². The van der Waals surface area contributed by atoms with Crippen molar-refractivity contribution in [2.75, 3.05) is 26.7 Å². The van der Waals surface area contributed by atoms with Crippen LogP contribution >= 0.6 is 0 Å². The lowest BCUT2D eigenvalue weighted by Crippen LogP contribution is -2.42. The standard InChI is InChI=1S/C15H18N2O/c1-18-14-5-4-11-8-13(3-2-12(11)9-14)15-10-16-6-7-17-15/h2-5,8-9,15-17H,6-7,10H2,1H3/t15-/m0/s1. The molecular weight excluding hydrogens is 224 g/mol. The highest BCUT2D eigenvalue weighted by Crippen LogP contribution is 2.24. The lowest BCUT2D eigenvalue weighted by atomic mass is 10.0. The summed E-state index contributed by atoms with van der Waals surface area (Å²) >= 11 is 0. The molecule has 0 spiro atoms. The van der Waals surface area contributed by atoms with Gasteiger partial charge in [-0.2, -0.15) is 0 Å². The SMILES string of the molecule is COc1ccc2cc([C@@H]3CNCCN3)ccc2c1. The minimum Gasteiger partial charge on any atom is -0.497 e. The van der Waals surface area contributed by atoms with Crippen molar-refractivity contribution in [1.82, 2.24) is 10.6 Å². The molecule has 2 N–H and O–H groups in total. The molecule has 2 aromatic rings. The van der Waals surface area contributed by atoms with Crippen LogP contribution in [0.3, 0.4) is 0 Å². The van der Waals surface area contributed by atoms with Gasteiger partial charge in [0.2, 0.25) is 0 Å². The first-order valence-electron chi connectivity index (χ1n) is 6.38. The highest BCUT2D eigenvalue weighted by molar-refractivity contribution is 5.84. The van der Waals surface area contributed by atoms with E-state index in [4.69, 9.17) is 4.74 Å². The van der Waals surface area contributed by atoms with Gasteiger partial charge in [0, 0.05) is 25.7 Å². The Morgan fingerprint density at radius 2 is 1.89 bits per heavy atom. The fourth-order valence-corrected chi connectivity index (χ4v) is 2.48. The van der Waals surface area contributed by atoms with E-state index in [9.17, 15) is 0 Å². The second-order valence-corrected chi connectivity index (χ2v) is 4.68. The highest BCUT2D eigenvalue weighted by Gasteiger charge is 2.14. The molecule has 0 saturated carbocycles. The van der Waals surface area contributed by atoms with Crippen LogP contribution in [-0.4, -0.2) is 26.7 Å². The normalized spacial score (nSPS) is 19.9. The van der Waals surface area contributed by atoms with Crippen LogP contribution in [0.4, 0.5) is 0 Å². The van der Waals surface area contributed by atoms with E-state index < -0.39 is 0 Å². The zero-order chi connectivity index (χ0) is 12.4. The van der Waals surface area contributed by atoms with E-state index in [1.165, 1.54) is 16.3 Å². The third-order valence-electron chi connectivity index (χ3n) is 3.51. The van der Waals surface area contributed by atoms with Gasteiger partial charge in [0.05, 0.1) is 7.11 Å². The maximum absolute atomic E-state index is 5.25. The van der Waals surface area contributed by atoms with Crippen molar-refractivity contribution < 1.29 is 4.74 Å². The summed E-state index contributed by atoms with van der Waals surface area (Å²) in [6, 6.07) is 13.3. The van der Waals surface area contributed by atoms with Crippen LogP contribution in [0.15, 0.2) is 36.4 Å². The number of hydrogen-bond donors (Lipinski definition) is 2. The van der Waals surface area contributed by atoms with Crippen molar-refractivity contribution in [3.8, 4) is 5.75 Å². The van der Waals surface area contributed by atoms with Gasteiger partial charge in [-0.05, 0) is 34.5 Å². The predicted octanol–water partition coefficient (Wildman–Crippen LogP) is 2.08. The summed E-state index contributed by atoms with van der Waals surface area (Å²) in [7, 11) is 1.70. The molecule has 0 aromatic heterocycles. The van der Waals surface area contributed by atoms with Gasteiger partial charge in [-0.25, -0.2) is 0 Å². The Balaban J connectivity index is 1.95. The number of nitrogens with one attached hydrogen (secondary N) is 2. The summed E-state index contributed by atoms with van der Waals surface area (Å²) in [5.74, 6) is 0.910. The molecule has 0 amide bonds. The first-order chi connectivity index (χ1) is 8.86. The molecule has 3 rings (SSSR count).